The highest BCUT2D eigenvalue weighted by Gasteiger charge is 1.97. The van der Waals surface area contributed by atoms with Gasteiger partial charge in [0.2, 0.25) is 0 Å². The molecule has 0 aromatic heterocycles. The van der Waals surface area contributed by atoms with E-state index in [4.69, 9.17) is 4.84 Å². The van der Waals surface area contributed by atoms with Gasteiger partial charge in [-0.15, -0.1) is 0 Å². The van der Waals surface area contributed by atoms with E-state index in [1.165, 1.54) is 57.8 Å². The van der Waals surface area contributed by atoms with E-state index in [9.17, 15) is 4.79 Å². The van der Waals surface area contributed by atoms with Crippen LogP contribution in [0.2, 0.25) is 0 Å². The lowest BCUT2D eigenvalue weighted by Crippen LogP contribution is -2.20. The number of hydroxylamine groups is 1. The Balaban J connectivity index is 0. The van der Waals surface area contributed by atoms with Crippen LogP contribution in [-0.2, 0) is 9.63 Å². The summed E-state index contributed by atoms with van der Waals surface area (Å²) in [5.41, 5.74) is 2.71. The Morgan fingerprint density at radius 3 is 1.79 bits per heavy atom. The molecule has 0 aliphatic rings. The van der Waals surface area contributed by atoms with E-state index in [1.807, 2.05) is 0 Å². The molecular weight excluding hydrogens is 240 g/mol. The lowest BCUT2D eigenvalue weighted by molar-refractivity contribution is -0.150. The molecule has 0 aromatic carbocycles. The maximum Gasteiger partial charge on any atom is 0.324 e. The molecule has 0 fully saturated rings. The van der Waals surface area contributed by atoms with Gasteiger partial charge in [-0.2, -0.15) is 5.48 Å². The van der Waals surface area contributed by atoms with Crippen LogP contribution in [0.25, 0.3) is 0 Å². The molecule has 4 N–H and O–H groups in total. The van der Waals surface area contributed by atoms with Crippen LogP contribution >= 0.6 is 0 Å². The van der Waals surface area contributed by atoms with E-state index in [-0.39, 0.29) is 12.1 Å². The Morgan fingerprint density at radius 2 is 1.32 bits per heavy atom. The monoisotopic (exact) mass is 274 g/mol. The molecule has 4 heteroatoms. The SMILES string of the molecule is CCCCCCCCCCCCNOC(=O)CC.N. The summed E-state index contributed by atoms with van der Waals surface area (Å²) in [6, 6.07) is 0. The van der Waals surface area contributed by atoms with Gasteiger partial charge in [-0.1, -0.05) is 71.6 Å². The van der Waals surface area contributed by atoms with Gasteiger partial charge in [-0.05, 0) is 6.42 Å². The summed E-state index contributed by atoms with van der Waals surface area (Å²) in [5, 5.41) is 0. The smallest absolute Gasteiger partial charge is 0.324 e. The minimum Gasteiger partial charge on any atom is -0.371 e. The first-order valence-corrected chi connectivity index (χ1v) is 7.73. The zero-order chi connectivity index (χ0) is 13.5. The highest BCUT2D eigenvalue weighted by Crippen LogP contribution is 2.10. The molecule has 0 aliphatic carbocycles. The van der Waals surface area contributed by atoms with Gasteiger partial charge in [0.15, 0.2) is 0 Å². The maximum atomic E-state index is 10.8. The van der Waals surface area contributed by atoms with Gasteiger partial charge in [-0.3, -0.25) is 4.79 Å². The largest absolute Gasteiger partial charge is 0.371 e. The van der Waals surface area contributed by atoms with Crippen molar-refractivity contribution in [3.05, 3.63) is 0 Å². The first-order valence-electron chi connectivity index (χ1n) is 7.73. The molecule has 0 bridgehead atoms. The summed E-state index contributed by atoms with van der Waals surface area (Å²) in [6.45, 7) is 4.83. The second-order valence-electron chi connectivity index (χ2n) is 4.90. The molecule has 0 unspecified atom stereocenters. The molecule has 0 aliphatic heterocycles. The van der Waals surface area contributed by atoms with Crippen LogP contribution in [0.1, 0.15) is 84.5 Å². The number of carbonyl (C=O) groups is 1. The summed E-state index contributed by atoms with van der Waals surface area (Å²) in [5.74, 6) is -0.179. The van der Waals surface area contributed by atoms with Gasteiger partial charge in [0.05, 0.1) is 0 Å². The van der Waals surface area contributed by atoms with Crippen molar-refractivity contribution in [1.82, 2.24) is 11.6 Å². The van der Waals surface area contributed by atoms with E-state index in [0.29, 0.717) is 6.42 Å². The van der Waals surface area contributed by atoms with Crippen molar-refractivity contribution in [3.8, 4) is 0 Å². The van der Waals surface area contributed by atoms with Gasteiger partial charge in [0, 0.05) is 13.0 Å². The van der Waals surface area contributed by atoms with Crippen molar-refractivity contribution in [2.24, 2.45) is 0 Å². The number of carbonyl (C=O) groups excluding carboxylic acids is 1. The quantitative estimate of drug-likeness (QED) is 0.382. The third kappa shape index (κ3) is 17.4. The van der Waals surface area contributed by atoms with Crippen molar-refractivity contribution in [2.45, 2.75) is 84.5 Å². The Kier molecular flexibility index (Phi) is 18.9. The van der Waals surface area contributed by atoms with Gasteiger partial charge >= 0.3 is 5.97 Å². The van der Waals surface area contributed by atoms with Crippen LogP contribution in [0.4, 0.5) is 0 Å². The highest BCUT2D eigenvalue weighted by molar-refractivity contribution is 5.68. The number of rotatable bonds is 13. The van der Waals surface area contributed by atoms with Crippen LogP contribution in [-0.4, -0.2) is 12.5 Å². The molecule has 4 nitrogen and oxygen atoms in total. The number of hydrogen-bond acceptors (Lipinski definition) is 4. The minimum absolute atomic E-state index is 0. The molecule has 19 heavy (non-hydrogen) atoms. The molecule has 0 atom stereocenters. The Hall–Kier alpha value is -0.610. The fourth-order valence-corrected chi connectivity index (χ4v) is 1.89. The number of nitrogens with one attached hydrogen (secondary N) is 1. The number of hydrogen-bond donors (Lipinski definition) is 2. The first kappa shape index (κ1) is 20.7. The van der Waals surface area contributed by atoms with Crippen molar-refractivity contribution in [3.63, 3.8) is 0 Å². The highest BCUT2D eigenvalue weighted by atomic mass is 16.7. The predicted molar refractivity (Wildman–Crippen MR) is 81.3 cm³/mol. The van der Waals surface area contributed by atoms with E-state index in [2.05, 4.69) is 12.4 Å². The number of unbranched alkanes of at least 4 members (excludes halogenated alkanes) is 9. The third-order valence-corrected chi connectivity index (χ3v) is 3.11. The summed E-state index contributed by atoms with van der Waals surface area (Å²) < 4.78 is 0. The van der Waals surface area contributed by atoms with Gasteiger partial charge in [0.1, 0.15) is 0 Å². The average molecular weight is 274 g/mol. The molecule has 0 spiro atoms. The van der Waals surface area contributed by atoms with Crippen LogP contribution in [0.3, 0.4) is 0 Å². The van der Waals surface area contributed by atoms with E-state index in [1.54, 1.807) is 6.92 Å². The molecular formula is C15H34N2O2. The topological polar surface area (TPSA) is 73.3 Å². The summed E-state index contributed by atoms with van der Waals surface area (Å²) in [6.07, 6.45) is 13.7. The van der Waals surface area contributed by atoms with Gasteiger partial charge in [0.25, 0.3) is 0 Å². The van der Waals surface area contributed by atoms with Crippen molar-refractivity contribution >= 4 is 5.97 Å². The van der Waals surface area contributed by atoms with E-state index < -0.39 is 0 Å². The molecule has 0 heterocycles. The molecule has 0 saturated heterocycles. The third-order valence-electron chi connectivity index (χ3n) is 3.11. The van der Waals surface area contributed by atoms with Crippen LogP contribution in [0.15, 0.2) is 0 Å². The predicted octanol–water partition coefficient (Wildman–Crippen LogP) is 4.53. The lowest BCUT2D eigenvalue weighted by Gasteiger charge is -2.04. The van der Waals surface area contributed by atoms with E-state index in [0.717, 1.165) is 13.0 Å². The van der Waals surface area contributed by atoms with E-state index >= 15 is 0 Å². The molecule has 116 valence electrons. The molecule has 0 amide bonds. The second kappa shape index (κ2) is 17.4. The van der Waals surface area contributed by atoms with Gasteiger partial charge < -0.3 is 11.0 Å². The second-order valence-corrected chi connectivity index (χ2v) is 4.90. The normalized spacial score (nSPS) is 10.0. The zero-order valence-electron chi connectivity index (χ0n) is 13.0. The van der Waals surface area contributed by atoms with Crippen LogP contribution < -0.4 is 11.6 Å². The Labute approximate surface area is 119 Å². The fraction of sp³-hybridized carbons (Fsp3) is 0.933. The molecule has 0 radical (unpaired) electrons. The van der Waals surface area contributed by atoms with Gasteiger partial charge in [-0.25, -0.2) is 0 Å². The van der Waals surface area contributed by atoms with Crippen LogP contribution in [0, 0.1) is 0 Å². The Morgan fingerprint density at radius 1 is 0.842 bits per heavy atom. The maximum absolute atomic E-state index is 10.8. The van der Waals surface area contributed by atoms with Crippen molar-refractivity contribution in [2.75, 3.05) is 6.54 Å². The average Bonchev–Trinajstić information content (AvgIpc) is 2.39. The standard InChI is InChI=1S/C15H31NO2.H3N/c1-3-5-6-7-8-9-10-11-12-13-14-16-18-15(17)4-2;/h16H,3-14H2,1-2H3;1H3. The summed E-state index contributed by atoms with van der Waals surface area (Å²) >= 11 is 0. The molecule has 0 rings (SSSR count). The molecule has 0 saturated carbocycles. The fourth-order valence-electron chi connectivity index (χ4n) is 1.89. The Bertz CT molecular complexity index is 187. The minimum atomic E-state index is -0.179. The van der Waals surface area contributed by atoms with Crippen molar-refractivity contribution in [1.29, 1.82) is 0 Å². The summed E-state index contributed by atoms with van der Waals surface area (Å²) in [7, 11) is 0. The first-order chi connectivity index (χ1) is 8.81. The molecule has 0 aromatic rings. The summed E-state index contributed by atoms with van der Waals surface area (Å²) in [4.78, 5) is 15.6. The van der Waals surface area contributed by atoms with Crippen LogP contribution in [0.5, 0.6) is 0 Å². The zero-order valence-corrected chi connectivity index (χ0v) is 13.0. The lowest BCUT2D eigenvalue weighted by atomic mass is 10.1. The van der Waals surface area contributed by atoms with Crippen molar-refractivity contribution < 1.29 is 9.63 Å².